The molecule has 1 aromatic heterocycles. The van der Waals surface area contributed by atoms with Gasteiger partial charge in [0.2, 0.25) is 0 Å². The molecule has 1 heterocycles. The van der Waals surface area contributed by atoms with Gasteiger partial charge in [0.25, 0.3) is 5.56 Å². The van der Waals surface area contributed by atoms with Crippen LogP contribution in [0.25, 0.3) is 43.8 Å². The van der Waals surface area contributed by atoms with Gasteiger partial charge in [0.05, 0.1) is 24.2 Å². The quantitative estimate of drug-likeness (QED) is 0.176. The summed E-state index contributed by atoms with van der Waals surface area (Å²) in [5.41, 5.74) is 4.25. The number of hydrogen-bond acceptors (Lipinski definition) is 4. The molecule has 0 fully saturated rings. The molecule has 0 N–H and O–H groups in total. The van der Waals surface area contributed by atoms with Gasteiger partial charge in [-0.15, -0.1) is 0 Å². The van der Waals surface area contributed by atoms with Crippen LogP contribution >= 0.6 is 0 Å². The van der Waals surface area contributed by atoms with Crippen molar-refractivity contribution < 1.29 is 4.74 Å². The summed E-state index contributed by atoms with van der Waals surface area (Å²) in [5.74, 6) is 1.55. The van der Waals surface area contributed by atoms with Gasteiger partial charge < -0.3 is 4.74 Å². The minimum atomic E-state index is -0.210. The Balaban J connectivity index is 1.65. The molecule has 0 aliphatic carbocycles. The maximum absolute atomic E-state index is 13.9. The van der Waals surface area contributed by atoms with Crippen molar-refractivity contribution in [1.29, 1.82) is 0 Å². The topological polar surface area (TPSA) is 56.5 Å². The number of aromatic nitrogens is 2. The Morgan fingerprint density at radius 1 is 0.846 bits per heavy atom. The number of hydrogen-bond donors (Lipinski definition) is 0. The molecule has 0 atom stereocenters. The van der Waals surface area contributed by atoms with E-state index in [0.717, 1.165) is 49.5 Å². The van der Waals surface area contributed by atoms with Crippen LogP contribution in [0.5, 0.6) is 5.75 Å². The van der Waals surface area contributed by atoms with Crippen LogP contribution in [0.4, 0.5) is 0 Å². The summed E-state index contributed by atoms with van der Waals surface area (Å²) in [6, 6.07) is 30.2. The molecule has 6 rings (SSSR count). The van der Waals surface area contributed by atoms with E-state index in [2.05, 4.69) is 50.2 Å². The highest BCUT2D eigenvalue weighted by atomic mass is 16.5. The first kappa shape index (κ1) is 24.6. The van der Waals surface area contributed by atoms with Gasteiger partial charge in [-0.2, -0.15) is 9.78 Å². The van der Waals surface area contributed by atoms with Crippen LogP contribution < -0.4 is 10.3 Å². The molecule has 192 valence electrons. The Bertz CT molecular complexity index is 1910. The molecule has 0 spiro atoms. The summed E-state index contributed by atoms with van der Waals surface area (Å²) in [7, 11) is 1.68. The lowest BCUT2D eigenvalue weighted by molar-refractivity contribution is 0.407. The molecule has 5 heteroatoms. The van der Waals surface area contributed by atoms with E-state index in [4.69, 9.17) is 14.8 Å². The molecule has 0 saturated carbocycles. The van der Waals surface area contributed by atoms with Gasteiger partial charge in [0.1, 0.15) is 5.75 Å². The van der Waals surface area contributed by atoms with Crippen molar-refractivity contribution in [2.24, 2.45) is 5.10 Å². The fraction of sp³-hybridized carbons (Fsp3) is 0.147. The van der Waals surface area contributed by atoms with E-state index in [0.29, 0.717) is 16.7 Å². The summed E-state index contributed by atoms with van der Waals surface area (Å²) in [6.07, 6.45) is 1.80. The van der Waals surface area contributed by atoms with Crippen LogP contribution in [0.3, 0.4) is 0 Å². The predicted molar refractivity (Wildman–Crippen MR) is 161 cm³/mol. The van der Waals surface area contributed by atoms with E-state index in [9.17, 15) is 4.79 Å². The van der Waals surface area contributed by atoms with Gasteiger partial charge >= 0.3 is 0 Å². The first-order valence-electron chi connectivity index (χ1n) is 13.1. The molecule has 5 nitrogen and oxygen atoms in total. The highest BCUT2D eigenvalue weighted by molar-refractivity contribution is 6.13. The molecule has 0 aliphatic heterocycles. The molecule has 0 radical (unpaired) electrons. The van der Waals surface area contributed by atoms with Crippen molar-refractivity contribution in [1.82, 2.24) is 9.66 Å². The molecule has 39 heavy (non-hydrogen) atoms. The molecule has 0 bridgehead atoms. The Hall–Kier alpha value is -4.77. The molecular weight excluding hydrogens is 482 g/mol. The summed E-state index contributed by atoms with van der Waals surface area (Å²) < 4.78 is 7.11. The molecular formula is C34H29N3O2. The second-order valence-corrected chi connectivity index (χ2v) is 10.1. The van der Waals surface area contributed by atoms with Crippen LogP contribution in [0.2, 0.25) is 0 Å². The van der Waals surface area contributed by atoms with E-state index >= 15 is 0 Å². The minimum absolute atomic E-state index is 0.210. The Morgan fingerprint density at radius 3 is 2.10 bits per heavy atom. The summed E-state index contributed by atoms with van der Waals surface area (Å²) in [5, 5.41) is 9.76. The predicted octanol–water partition coefficient (Wildman–Crippen LogP) is 7.69. The lowest BCUT2D eigenvalue weighted by Gasteiger charge is -2.17. The highest BCUT2D eigenvalue weighted by Crippen LogP contribution is 2.34. The zero-order valence-corrected chi connectivity index (χ0v) is 22.5. The van der Waals surface area contributed by atoms with Gasteiger partial charge in [-0.3, -0.25) is 4.79 Å². The van der Waals surface area contributed by atoms with Gasteiger partial charge in [-0.05, 0) is 75.8 Å². The number of fused-ring (bicyclic) bond motifs is 3. The average molecular weight is 512 g/mol. The van der Waals surface area contributed by atoms with Crippen molar-refractivity contribution in [2.45, 2.75) is 26.7 Å². The third-order valence-corrected chi connectivity index (χ3v) is 7.31. The van der Waals surface area contributed by atoms with E-state index in [-0.39, 0.29) is 11.5 Å². The van der Waals surface area contributed by atoms with Gasteiger partial charge in [0, 0.05) is 11.1 Å². The molecule has 0 aliphatic rings. The van der Waals surface area contributed by atoms with E-state index < -0.39 is 0 Å². The third kappa shape index (κ3) is 4.26. The van der Waals surface area contributed by atoms with Crippen LogP contribution in [0, 0.1) is 6.92 Å². The smallest absolute Gasteiger partial charge is 0.282 e. The summed E-state index contributed by atoms with van der Waals surface area (Å²) in [4.78, 5) is 18.9. The molecule has 5 aromatic carbocycles. The second kappa shape index (κ2) is 9.84. The normalized spacial score (nSPS) is 11.8. The summed E-state index contributed by atoms with van der Waals surface area (Å²) >= 11 is 0. The first-order valence-corrected chi connectivity index (χ1v) is 13.1. The SMILES string of the molecule is COc1cc(C)c(-c2nc3ccccc3c(=O)n2N=Cc2c3ccccc3cc3ccccc23)cc1C(C)C. The number of nitrogens with zero attached hydrogens (tertiary/aromatic N) is 3. The largest absolute Gasteiger partial charge is 0.496 e. The van der Waals surface area contributed by atoms with Crippen LogP contribution in [0.15, 0.2) is 101 Å². The maximum atomic E-state index is 13.9. The monoisotopic (exact) mass is 511 g/mol. The van der Waals surface area contributed by atoms with Crippen LogP contribution in [-0.4, -0.2) is 23.0 Å². The Morgan fingerprint density at radius 2 is 1.46 bits per heavy atom. The Kier molecular flexibility index (Phi) is 6.20. The standard InChI is InChI=1S/C34H29N3O2/c1-21(2)28-19-29(22(3)17-32(28)39-4)33-36-31-16-10-9-15-27(31)34(38)37(33)35-20-30-25-13-7-5-11-23(25)18-24-12-6-8-14-26(24)30/h5-21H,1-4H3. The minimum Gasteiger partial charge on any atom is -0.496 e. The highest BCUT2D eigenvalue weighted by Gasteiger charge is 2.18. The van der Waals surface area contributed by atoms with Crippen molar-refractivity contribution >= 4 is 38.7 Å². The molecule has 0 saturated heterocycles. The number of benzene rings is 5. The van der Waals surface area contributed by atoms with E-state index in [1.807, 2.05) is 55.5 Å². The number of aryl methyl sites for hydroxylation is 1. The maximum Gasteiger partial charge on any atom is 0.282 e. The van der Waals surface area contributed by atoms with Crippen LogP contribution in [0.1, 0.15) is 36.5 Å². The average Bonchev–Trinajstić information content (AvgIpc) is 2.95. The zero-order chi connectivity index (χ0) is 27.1. The number of ether oxygens (including phenoxy) is 1. The van der Waals surface area contributed by atoms with Crippen molar-refractivity contribution in [3.8, 4) is 17.1 Å². The van der Waals surface area contributed by atoms with Crippen molar-refractivity contribution in [3.05, 3.63) is 118 Å². The fourth-order valence-electron chi connectivity index (χ4n) is 5.28. The van der Waals surface area contributed by atoms with E-state index in [1.54, 1.807) is 19.4 Å². The molecule has 0 amide bonds. The lowest BCUT2D eigenvalue weighted by Crippen LogP contribution is -2.21. The number of methoxy groups -OCH3 is 1. The fourth-order valence-corrected chi connectivity index (χ4v) is 5.28. The molecule has 6 aromatic rings. The van der Waals surface area contributed by atoms with Gasteiger partial charge in [-0.25, -0.2) is 4.98 Å². The summed E-state index contributed by atoms with van der Waals surface area (Å²) in [6.45, 7) is 6.26. The van der Waals surface area contributed by atoms with Gasteiger partial charge in [0.15, 0.2) is 5.82 Å². The Labute approximate surface area is 227 Å². The van der Waals surface area contributed by atoms with E-state index in [1.165, 1.54) is 4.68 Å². The number of para-hydroxylation sites is 1. The first-order chi connectivity index (χ1) is 19.0. The molecule has 0 unspecified atom stereocenters. The second-order valence-electron chi connectivity index (χ2n) is 10.1. The third-order valence-electron chi connectivity index (χ3n) is 7.31. The zero-order valence-electron chi connectivity index (χ0n) is 22.5. The number of rotatable bonds is 5. The van der Waals surface area contributed by atoms with Crippen molar-refractivity contribution in [3.63, 3.8) is 0 Å². The lowest BCUT2D eigenvalue weighted by atomic mass is 9.96. The van der Waals surface area contributed by atoms with Crippen LogP contribution in [-0.2, 0) is 0 Å². The van der Waals surface area contributed by atoms with Crippen molar-refractivity contribution in [2.75, 3.05) is 7.11 Å². The van der Waals surface area contributed by atoms with Gasteiger partial charge in [-0.1, -0.05) is 74.5 Å².